The Bertz CT molecular complexity index is 672. The van der Waals surface area contributed by atoms with E-state index in [1.165, 1.54) is 6.92 Å². The van der Waals surface area contributed by atoms with Gasteiger partial charge in [0.25, 0.3) is 0 Å². The number of carboxylic acids is 2. The van der Waals surface area contributed by atoms with Gasteiger partial charge in [0.1, 0.15) is 18.1 Å². The zero-order valence-electron chi connectivity index (χ0n) is 16.3. The standard InChI is InChI=1S/C16H27N5O8S/c1-7(17)13(25)19-8(2-4-11(18)22)14(26)20-9(3-5-12(23)24)15(27)21-10(6-30)16(28)29/h7-10,30H,2-6,17H2,1H3,(H2,18,22)(H,19,25)(H,20,26)(H,21,27)(H,23,24)(H,28,29). The maximum absolute atomic E-state index is 12.6. The van der Waals surface area contributed by atoms with Crippen LogP contribution in [0.4, 0.5) is 0 Å². The highest BCUT2D eigenvalue weighted by Gasteiger charge is 2.30. The van der Waals surface area contributed by atoms with E-state index in [1.807, 2.05) is 0 Å². The topological polar surface area (TPSA) is 231 Å². The molecule has 0 aliphatic heterocycles. The van der Waals surface area contributed by atoms with E-state index in [-0.39, 0.29) is 25.0 Å². The molecular weight excluding hydrogens is 422 g/mol. The van der Waals surface area contributed by atoms with Crippen molar-refractivity contribution in [2.75, 3.05) is 5.75 Å². The zero-order chi connectivity index (χ0) is 23.4. The number of nitrogens with one attached hydrogen (secondary N) is 3. The van der Waals surface area contributed by atoms with Crippen LogP contribution in [0.1, 0.15) is 32.6 Å². The van der Waals surface area contributed by atoms with Crippen LogP contribution in [0.5, 0.6) is 0 Å². The van der Waals surface area contributed by atoms with Crippen molar-refractivity contribution in [2.45, 2.75) is 56.8 Å². The molecule has 0 saturated heterocycles. The Labute approximate surface area is 177 Å². The highest BCUT2D eigenvalue weighted by Crippen LogP contribution is 2.04. The van der Waals surface area contributed by atoms with Crippen LogP contribution in [0.15, 0.2) is 0 Å². The third-order valence-electron chi connectivity index (χ3n) is 3.80. The van der Waals surface area contributed by atoms with Crippen LogP contribution < -0.4 is 27.4 Å². The minimum atomic E-state index is -1.42. The van der Waals surface area contributed by atoms with Gasteiger partial charge >= 0.3 is 11.9 Å². The van der Waals surface area contributed by atoms with Gasteiger partial charge in [0.15, 0.2) is 0 Å². The Morgan fingerprint density at radius 3 is 1.63 bits per heavy atom. The number of rotatable bonds is 14. The molecule has 0 spiro atoms. The molecule has 9 N–H and O–H groups in total. The molecule has 4 atom stereocenters. The van der Waals surface area contributed by atoms with Gasteiger partial charge in [0, 0.05) is 18.6 Å². The van der Waals surface area contributed by atoms with Gasteiger partial charge in [-0.1, -0.05) is 0 Å². The van der Waals surface area contributed by atoms with Gasteiger partial charge in [-0.2, -0.15) is 12.6 Å². The van der Waals surface area contributed by atoms with E-state index < -0.39 is 66.2 Å². The second-order valence-corrected chi connectivity index (χ2v) is 6.80. The van der Waals surface area contributed by atoms with Crippen molar-refractivity contribution in [3.63, 3.8) is 0 Å². The molecule has 14 heteroatoms. The van der Waals surface area contributed by atoms with Gasteiger partial charge in [-0.15, -0.1) is 0 Å². The van der Waals surface area contributed by atoms with Crippen LogP contribution in [0.2, 0.25) is 0 Å². The summed E-state index contributed by atoms with van der Waals surface area (Å²) in [6.07, 6.45) is -1.31. The summed E-state index contributed by atoms with van der Waals surface area (Å²) >= 11 is 3.81. The number of amides is 4. The van der Waals surface area contributed by atoms with Crippen molar-refractivity contribution in [3.05, 3.63) is 0 Å². The maximum Gasteiger partial charge on any atom is 0.327 e. The van der Waals surface area contributed by atoms with Gasteiger partial charge in [-0.05, 0) is 19.8 Å². The van der Waals surface area contributed by atoms with E-state index in [4.69, 9.17) is 21.7 Å². The molecule has 4 amide bonds. The summed E-state index contributed by atoms with van der Waals surface area (Å²) in [5, 5.41) is 24.6. The molecule has 0 heterocycles. The summed E-state index contributed by atoms with van der Waals surface area (Å²) in [6, 6.07) is -5.03. The molecule has 13 nitrogen and oxygen atoms in total. The second kappa shape index (κ2) is 13.4. The molecule has 30 heavy (non-hydrogen) atoms. The Morgan fingerprint density at radius 1 is 0.833 bits per heavy atom. The lowest BCUT2D eigenvalue weighted by atomic mass is 10.1. The summed E-state index contributed by atoms with van der Waals surface area (Å²) < 4.78 is 0. The van der Waals surface area contributed by atoms with Crippen LogP contribution in [0, 0.1) is 0 Å². The van der Waals surface area contributed by atoms with E-state index in [0.29, 0.717) is 0 Å². The van der Waals surface area contributed by atoms with Crippen LogP contribution in [-0.4, -0.2) is 75.7 Å². The zero-order valence-corrected chi connectivity index (χ0v) is 17.2. The first kappa shape index (κ1) is 27.1. The third-order valence-corrected chi connectivity index (χ3v) is 4.17. The number of hydrogen-bond acceptors (Lipinski definition) is 8. The van der Waals surface area contributed by atoms with Crippen LogP contribution >= 0.6 is 12.6 Å². The first-order valence-corrected chi connectivity index (χ1v) is 9.52. The van der Waals surface area contributed by atoms with Gasteiger partial charge < -0.3 is 37.6 Å². The predicted octanol–water partition coefficient (Wildman–Crippen LogP) is -3.07. The lowest BCUT2D eigenvalue weighted by Crippen LogP contribution is -2.57. The minimum absolute atomic E-state index is 0.193. The van der Waals surface area contributed by atoms with Gasteiger partial charge in [0.05, 0.1) is 6.04 Å². The molecule has 170 valence electrons. The highest BCUT2D eigenvalue weighted by atomic mass is 32.1. The number of aliphatic carboxylic acids is 2. The lowest BCUT2D eigenvalue weighted by Gasteiger charge is -2.24. The lowest BCUT2D eigenvalue weighted by molar-refractivity contribution is -0.142. The van der Waals surface area contributed by atoms with Crippen molar-refractivity contribution >= 4 is 48.2 Å². The number of carboxylic acid groups (broad SMARTS) is 2. The fourth-order valence-electron chi connectivity index (χ4n) is 2.13. The van der Waals surface area contributed by atoms with Crippen molar-refractivity contribution in [3.8, 4) is 0 Å². The van der Waals surface area contributed by atoms with E-state index in [2.05, 4.69) is 28.6 Å². The Balaban J connectivity index is 5.43. The summed E-state index contributed by atoms with van der Waals surface area (Å²) in [6.45, 7) is 1.37. The average Bonchev–Trinajstić information content (AvgIpc) is 2.64. The predicted molar refractivity (Wildman–Crippen MR) is 106 cm³/mol. The molecule has 0 aromatic heterocycles. The number of hydrogen-bond donors (Lipinski definition) is 8. The van der Waals surface area contributed by atoms with Gasteiger partial charge in [-0.3, -0.25) is 24.0 Å². The van der Waals surface area contributed by atoms with Crippen LogP contribution in [-0.2, 0) is 28.8 Å². The first-order chi connectivity index (χ1) is 13.9. The molecular formula is C16H27N5O8S. The normalized spacial score (nSPS) is 14.5. The first-order valence-electron chi connectivity index (χ1n) is 8.89. The summed E-state index contributed by atoms with van der Waals surface area (Å²) in [5.41, 5.74) is 10.5. The number of carbonyl (C=O) groups is 6. The maximum atomic E-state index is 12.6. The molecule has 4 unspecified atom stereocenters. The SMILES string of the molecule is CC(N)C(=O)NC(CCC(N)=O)C(=O)NC(CCC(=O)O)C(=O)NC(CS)C(=O)O. The molecule has 0 fully saturated rings. The Morgan fingerprint density at radius 2 is 1.27 bits per heavy atom. The van der Waals surface area contributed by atoms with Crippen LogP contribution in [0.3, 0.4) is 0 Å². The van der Waals surface area contributed by atoms with Crippen molar-refractivity contribution in [1.29, 1.82) is 0 Å². The molecule has 0 rings (SSSR count). The number of carbonyl (C=O) groups excluding carboxylic acids is 4. The quantitative estimate of drug-likeness (QED) is 0.126. The molecule has 0 aliphatic rings. The Kier molecular flexibility index (Phi) is 12.1. The second-order valence-electron chi connectivity index (χ2n) is 6.43. The molecule has 0 bridgehead atoms. The summed E-state index contributed by atoms with van der Waals surface area (Å²) in [4.78, 5) is 69.8. The minimum Gasteiger partial charge on any atom is -0.481 e. The Hall–Kier alpha value is -2.87. The molecule has 0 aromatic rings. The van der Waals surface area contributed by atoms with Crippen LogP contribution in [0.25, 0.3) is 0 Å². The van der Waals surface area contributed by atoms with E-state index in [9.17, 15) is 28.8 Å². The molecule has 0 saturated carbocycles. The molecule has 0 aromatic carbocycles. The number of nitrogens with two attached hydrogens (primary N) is 2. The highest BCUT2D eigenvalue weighted by molar-refractivity contribution is 7.80. The van der Waals surface area contributed by atoms with Crippen molar-refractivity contribution < 1.29 is 39.0 Å². The fourth-order valence-corrected chi connectivity index (χ4v) is 2.37. The van der Waals surface area contributed by atoms with Gasteiger partial charge in [0.2, 0.25) is 23.6 Å². The smallest absolute Gasteiger partial charge is 0.327 e. The van der Waals surface area contributed by atoms with E-state index >= 15 is 0 Å². The summed E-state index contributed by atoms with van der Waals surface area (Å²) in [7, 11) is 0. The van der Waals surface area contributed by atoms with E-state index in [0.717, 1.165) is 0 Å². The van der Waals surface area contributed by atoms with E-state index in [1.54, 1.807) is 0 Å². The molecule has 0 aliphatic carbocycles. The van der Waals surface area contributed by atoms with Crippen molar-refractivity contribution in [1.82, 2.24) is 16.0 Å². The number of primary amides is 1. The fraction of sp³-hybridized carbons (Fsp3) is 0.625. The summed E-state index contributed by atoms with van der Waals surface area (Å²) in [5.74, 6) is -6.14. The third kappa shape index (κ3) is 10.6. The van der Waals surface area contributed by atoms with Crippen molar-refractivity contribution in [2.24, 2.45) is 11.5 Å². The van der Waals surface area contributed by atoms with Gasteiger partial charge in [-0.25, -0.2) is 4.79 Å². The average molecular weight is 449 g/mol. The molecule has 0 radical (unpaired) electrons. The number of thiol groups is 1. The monoisotopic (exact) mass is 449 g/mol. The largest absolute Gasteiger partial charge is 0.481 e.